The van der Waals surface area contributed by atoms with E-state index < -0.39 is 6.10 Å². The van der Waals surface area contributed by atoms with Gasteiger partial charge in [-0.3, -0.25) is 0 Å². The van der Waals surface area contributed by atoms with Crippen LogP contribution < -0.4 is 14.8 Å². The minimum atomic E-state index is -0.499. The Kier molecular flexibility index (Phi) is 6.87. The van der Waals surface area contributed by atoms with E-state index in [1.54, 1.807) is 18.4 Å². The summed E-state index contributed by atoms with van der Waals surface area (Å²) in [5.74, 6) is 1.47. The van der Waals surface area contributed by atoms with E-state index in [2.05, 4.69) is 11.4 Å². The molecular weight excluding hydrogens is 358 g/mol. The Hall–Kier alpha value is -2.34. The zero-order chi connectivity index (χ0) is 19.1. The molecule has 2 aromatic carbocycles. The van der Waals surface area contributed by atoms with Crippen LogP contribution >= 0.6 is 11.3 Å². The number of nitrogens with two attached hydrogens (primary N) is 1. The molecule has 1 aromatic heterocycles. The normalized spacial score (nSPS) is 13.1. The maximum absolute atomic E-state index is 10.5. The fourth-order valence-corrected chi connectivity index (χ4v) is 3.52. The number of quaternary nitrogens is 1. The molecule has 0 spiro atoms. The number of hydrogen-bond donors (Lipinski definition) is 2. The lowest BCUT2D eigenvalue weighted by atomic mass is 10.0. The molecule has 4 nitrogen and oxygen atoms in total. The van der Waals surface area contributed by atoms with E-state index in [1.165, 1.54) is 4.88 Å². The fourth-order valence-electron chi connectivity index (χ4n) is 2.91. The van der Waals surface area contributed by atoms with Crippen molar-refractivity contribution in [3.05, 3.63) is 82.0 Å². The van der Waals surface area contributed by atoms with Crippen molar-refractivity contribution in [2.45, 2.75) is 32.2 Å². The minimum Gasteiger partial charge on any atom is -0.493 e. The van der Waals surface area contributed by atoms with Crippen LogP contribution in [-0.4, -0.2) is 18.3 Å². The number of ether oxygens (including phenoxy) is 2. The van der Waals surface area contributed by atoms with E-state index >= 15 is 0 Å². The van der Waals surface area contributed by atoms with E-state index in [4.69, 9.17) is 9.47 Å². The highest BCUT2D eigenvalue weighted by Gasteiger charge is 2.19. The molecule has 0 radical (unpaired) electrons. The number of aliphatic hydroxyl groups excluding tert-OH is 1. The predicted molar refractivity (Wildman–Crippen MR) is 108 cm³/mol. The van der Waals surface area contributed by atoms with E-state index in [0.717, 1.165) is 29.2 Å². The van der Waals surface area contributed by atoms with Crippen LogP contribution in [0.15, 0.2) is 66.0 Å². The third-order valence-corrected chi connectivity index (χ3v) is 5.39. The highest BCUT2D eigenvalue weighted by atomic mass is 32.1. The maximum Gasteiger partial charge on any atom is 0.161 e. The van der Waals surface area contributed by atoms with Crippen LogP contribution in [0.2, 0.25) is 0 Å². The molecule has 3 N–H and O–H groups in total. The maximum atomic E-state index is 10.5. The van der Waals surface area contributed by atoms with E-state index in [0.29, 0.717) is 6.61 Å². The van der Waals surface area contributed by atoms with E-state index in [1.807, 2.05) is 66.9 Å². The number of methoxy groups -OCH3 is 1. The molecule has 0 bridgehead atoms. The molecular formula is C22H26NO3S+. The monoisotopic (exact) mass is 384 g/mol. The van der Waals surface area contributed by atoms with Gasteiger partial charge in [-0.2, -0.15) is 0 Å². The van der Waals surface area contributed by atoms with E-state index in [9.17, 15) is 5.11 Å². The Morgan fingerprint density at radius 1 is 1.04 bits per heavy atom. The van der Waals surface area contributed by atoms with Crippen molar-refractivity contribution in [2.75, 3.05) is 7.11 Å². The zero-order valence-corrected chi connectivity index (χ0v) is 16.5. The lowest BCUT2D eigenvalue weighted by Crippen LogP contribution is -2.88. The molecule has 0 aliphatic carbocycles. The van der Waals surface area contributed by atoms with Gasteiger partial charge in [-0.05, 0) is 42.1 Å². The van der Waals surface area contributed by atoms with Crippen molar-refractivity contribution in [1.82, 2.24) is 0 Å². The number of aliphatic hydroxyl groups is 1. The Morgan fingerprint density at radius 2 is 1.85 bits per heavy atom. The fraction of sp³-hybridized carbons (Fsp3) is 0.273. The van der Waals surface area contributed by atoms with Crippen molar-refractivity contribution in [3.63, 3.8) is 0 Å². The van der Waals surface area contributed by atoms with Crippen LogP contribution in [0.1, 0.15) is 29.0 Å². The Morgan fingerprint density at radius 3 is 2.56 bits per heavy atom. The molecule has 27 heavy (non-hydrogen) atoms. The molecule has 0 aliphatic rings. The van der Waals surface area contributed by atoms with Crippen LogP contribution in [0.3, 0.4) is 0 Å². The summed E-state index contributed by atoms with van der Waals surface area (Å²) < 4.78 is 11.4. The smallest absolute Gasteiger partial charge is 0.161 e. The van der Waals surface area contributed by atoms with Crippen LogP contribution in [0.25, 0.3) is 0 Å². The van der Waals surface area contributed by atoms with Gasteiger partial charge in [-0.15, -0.1) is 11.3 Å². The Labute approximate surface area is 164 Å². The summed E-state index contributed by atoms with van der Waals surface area (Å²) in [6.07, 6.45) is -0.499. The van der Waals surface area contributed by atoms with Gasteiger partial charge >= 0.3 is 0 Å². The summed E-state index contributed by atoms with van der Waals surface area (Å²) in [4.78, 5) is 1.18. The first-order valence-corrected chi connectivity index (χ1v) is 9.93. The van der Waals surface area contributed by atoms with Crippen molar-refractivity contribution in [1.29, 1.82) is 0 Å². The number of thiophene rings is 1. The van der Waals surface area contributed by atoms with Crippen LogP contribution in [0.4, 0.5) is 0 Å². The quantitative estimate of drug-likeness (QED) is 0.593. The molecule has 0 aliphatic heterocycles. The lowest BCUT2D eigenvalue weighted by molar-refractivity contribution is -0.709. The second kappa shape index (κ2) is 9.55. The average Bonchev–Trinajstić information content (AvgIpc) is 3.24. The molecule has 0 saturated heterocycles. The lowest BCUT2D eigenvalue weighted by Gasteiger charge is -2.18. The SMILES string of the molecule is COc1cc(C[NH2+][C@@H](C)[C@H](O)c2ccccc2)ccc1OCc1cccs1. The van der Waals surface area contributed by atoms with Gasteiger partial charge in [0.25, 0.3) is 0 Å². The van der Waals surface area contributed by atoms with Crippen LogP contribution in [-0.2, 0) is 13.2 Å². The van der Waals surface area contributed by atoms with Crippen molar-refractivity contribution < 1.29 is 19.9 Å². The van der Waals surface area contributed by atoms with Gasteiger partial charge in [0.15, 0.2) is 11.5 Å². The molecule has 5 heteroatoms. The predicted octanol–water partition coefficient (Wildman–Crippen LogP) is 3.52. The molecule has 3 rings (SSSR count). The average molecular weight is 385 g/mol. The third kappa shape index (κ3) is 5.32. The summed E-state index contributed by atoms with van der Waals surface area (Å²) in [5, 5.41) is 14.7. The van der Waals surface area contributed by atoms with Gasteiger partial charge in [-0.1, -0.05) is 36.4 Å². The Balaban J connectivity index is 1.58. The van der Waals surface area contributed by atoms with Gasteiger partial charge in [0, 0.05) is 10.4 Å². The molecule has 0 saturated carbocycles. The first-order valence-electron chi connectivity index (χ1n) is 9.06. The summed E-state index contributed by atoms with van der Waals surface area (Å²) in [7, 11) is 1.66. The summed E-state index contributed by atoms with van der Waals surface area (Å²) in [6.45, 7) is 3.33. The second-order valence-electron chi connectivity index (χ2n) is 6.51. The Bertz CT molecular complexity index is 821. The molecule has 0 amide bonds. The van der Waals surface area contributed by atoms with Crippen molar-refractivity contribution in [3.8, 4) is 11.5 Å². The van der Waals surface area contributed by atoms with Gasteiger partial charge < -0.3 is 19.9 Å². The standard InChI is InChI=1S/C22H25NO3S/c1-16(22(24)18-7-4-3-5-8-18)23-14-17-10-11-20(21(13-17)25-2)26-15-19-9-6-12-27-19/h3-13,16,22-24H,14-15H2,1-2H3/p+1/t16-,22-/m0/s1. The highest BCUT2D eigenvalue weighted by molar-refractivity contribution is 7.09. The molecule has 3 aromatic rings. The summed E-state index contributed by atoms with van der Waals surface area (Å²) >= 11 is 1.68. The third-order valence-electron chi connectivity index (χ3n) is 4.54. The molecule has 1 heterocycles. The number of rotatable bonds is 9. The zero-order valence-electron chi connectivity index (χ0n) is 15.7. The topological polar surface area (TPSA) is 55.3 Å². The van der Waals surface area contributed by atoms with Gasteiger partial charge in [0.05, 0.1) is 7.11 Å². The van der Waals surface area contributed by atoms with Gasteiger partial charge in [-0.25, -0.2) is 0 Å². The first kappa shape index (κ1) is 19.4. The molecule has 0 fully saturated rings. The summed E-state index contributed by atoms with van der Waals surface area (Å²) in [5.41, 5.74) is 2.07. The second-order valence-corrected chi connectivity index (χ2v) is 7.54. The number of hydrogen-bond acceptors (Lipinski definition) is 4. The van der Waals surface area contributed by atoms with Crippen LogP contribution in [0, 0.1) is 0 Å². The first-order chi connectivity index (χ1) is 13.2. The molecule has 2 atom stereocenters. The van der Waals surface area contributed by atoms with Gasteiger partial charge in [0.2, 0.25) is 0 Å². The number of benzene rings is 2. The van der Waals surface area contributed by atoms with Crippen molar-refractivity contribution in [2.24, 2.45) is 0 Å². The highest BCUT2D eigenvalue weighted by Crippen LogP contribution is 2.29. The largest absolute Gasteiger partial charge is 0.493 e. The van der Waals surface area contributed by atoms with Crippen LogP contribution in [0.5, 0.6) is 11.5 Å². The van der Waals surface area contributed by atoms with E-state index in [-0.39, 0.29) is 6.04 Å². The summed E-state index contributed by atoms with van der Waals surface area (Å²) in [6, 6.07) is 19.9. The minimum absolute atomic E-state index is 0.0492. The van der Waals surface area contributed by atoms with Crippen molar-refractivity contribution >= 4 is 11.3 Å². The van der Waals surface area contributed by atoms with Gasteiger partial charge in [0.1, 0.15) is 25.3 Å². The molecule has 142 valence electrons. The molecule has 0 unspecified atom stereocenters.